The first-order valence-electron chi connectivity index (χ1n) is 14.4. The summed E-state index contributed by atoms with van der Waals surface area (Å²) in [4.78, 5) is 26.2. The molecule has 1 aliphatic heterocycles. The van der Waals surface area contributed by atoms with Crippen LogP contribution >= 0.6 is 27.3 Å². The third-order valence-corrected chi connectivity index (χ3v) is 9.13. The maximum Gasteiger partial charge on any atom is 0.305 e. The van der Waals surface area contributed by atoms with Crippen LogP contribution in [0, 0.1) is 20.8 Å². The van der Waals surface area contributed by atoms with Gasteiger partial charge in [0.1, 0.15) is 29.5 Å². The minimum atomic E-state index is -0.489. The molecule has 0 aliphatic carbocycles. The number of aromatic amines is 1. The standard InChI is InChI=1S/C33H40BrNO6S/c1-7-38-29(36)11-9-8-10-16-39-30-20(2)21(3)31-25(22(30)4)14-15-33(6,41-31)19-40-27-13-12-24(17-26(27)34)18-28-32(37)35-23(5)42-28/h12-13,17-18H,5,7-11,14-16,19H2,1-4,6H3,(H,35,37)/b28-18+/t33-/m0/s1. The monoisotopic (exact) mass is 657 g/mol. The molecule has 9 heteroatoms. The molecule has 4 rings (SSSR count). The fourth-order valence-electron chi connectivity index (χ4n) is 5.15. The first kappa shape index (κ1) is 31.9. The zero-order valence-electron chi connectivity index (χ0n) is 25.1. The minimum Gasteiger partial charge on any atom is -0.493 e. The lowest BCUT2D eigenvalue weighted by molar-refractivity contribution is -0.143. The highest BCUT2D eigenvalue weighted by Gasteiger charge is 2.35. The highest BCUT2D eigenvalue weighted by atomic mass is 79.9. The van der Waals surface area contributed by atoms with Crippen molar-refractivity contribution >= 4 is 45.9 Å². The van der Waals surface area contributed by atoms with Gasteiger partial charge in [-0.2, -0.15) is 0 Å². The second-order valence-electron chi connectivity index (χ2n) is 11.0. The van der Waals surface area contributed by atoms with E-state index in [9.17, 15) is 9.59 Å². The Morgan fingerprint density at radius 1 is 1.17 bits per heavy atom. The molecule has 0 unspecified atom stereocenters. The van der Waals surface area contributed by atoms with Crippen LogP contribution in [0.25, 0.3) is 12.7 Å². The molecule has 1 aromatic heterocycles. The number of unbranched alkanes of at least 4 members (excludes halogenated alkanes) is 2. The van der Waals surface area contributed by atoms with Crippen LogP contribution in [-0.4, -0.2) is 36.4 Å². The number of benzene rings is 2. The quantitative estimate of drug-likeness (QED) is 0.189. The smallest absolute Gasteiger partial charge is 0.305 e. The Bertz CT molecular complexity index is 1610. The lowest BCUT2D eigenvalue weighted by Gasteiger charge is -2.38. The number of halogens is 1. The molecule has 3 aromatic rings. The average molecular weight is 659 g/mol. The molecule has 42 heavy (non-hydrogen) atoms. The summed E-state index contributed by atoms with van der Waals surface area (Å²) in [6.45, 7) is 15.4. The molecule has 0 fully saturated rings. The molecule has 0 amide bonds. The van der Waals surface area contributed by atoms with Gasteiger partial charge in [0.2, 0.25) is 0 Å². The summed E-state index contributed by atoms with van der Waals surface area (Å²) in [5.41, 5.74) is 4.78. The summed E-state index contributed by atoms with van der Waals surface area (Å²) in [5.74, 6) is 2.46. The zero-order valence-corrected chi connectivity index (χ0v) is 27.5. The predicted octanol–water partition coefficient (Wildman–Crippen LogP) is 6.03. The van der Waals surface area contributed by atoms with Gasteiger partial charge in [0.05, 0.1) is 26.9 Å². The van der Waals surface area contributed by atoms with Crippen molar-refractivity contribution < 1.29 is 23.7 Å². The number of ether oxygens (including phenoxy) is 4. The Morgan fingerprint density at radius 3 is 2.64 bits per heavy atom. The van der Waals surface area contributed by atoms with Crippen molar-refractivity contribution in [2.24, 2.45) is 0 Å². The van der Waals surface area contributed by atoms with E-state index in [1.54, 1.807) is 0 Å². The Kier molecular flexibility index (Phi) is 10.6. The van der Waals surface area contributed by atoms with E-state index < -0.39 is 5.60 Å². The van der Waals surface area contributed by atoms with Crippen molar-refractivity contribution in [2.75, 3.05) is 19.8 Å². The number of carbonyl (C=O) groups excluding carboxylic acids is 1. The van der Waals surface area contributed by atoms with Crippen LogP contribution < -0.4 is 29.0 Å². The van der Waals surface area contributed by atoms with Crippen LogP contribution in [-0.2, 0) is 16.0 Å². The molecule has 1 N–H and O–H groups in total. The maximum atomic E-state index is 12.0. The number of fused-ring (bicyclic) bond motifs is 1. The lowest BCUT2D eigenvalue weighted by Crippen LogP contribution is -2.42. The van der Waals surface area contributed by atoms with E-state index in [0.29, 0.717) is 35.4 Å². The van der Waals surface area contributed by atoms with Crippen molar-refractivity contribution in [1.82, 2.24) is 4.98 Å². The van der Waals surface area contributed by atoms with Gasteiger partial charge in [0.25, 0.3) is 5.56 Å². The van der Waals surface area contributed by atoms with Gasteiger partial charge in [0, 0.05) is 12.0 Å². The van der Waals surface area contributed by atoms with E-state index in [1.165, 1.54) is 16.9 Å². The number of esters is 1. The minimum absolute atomic E-state index is 0.131. The van der Waals surface area contributed by atoms with Crippen molar-refractivity contribution in [3.63, 3.8) is 0 Å². The third kappa shape index (κ3) is 7.67. The van der Waals surface area contributed by atoms with E-state index in [0.717, 1.165) is 76.1 Å². The van der Waals surface area contributed by atoms with Gasteiger partial charge >= 0.3 is 5.97 Å². The van der Waals surface area contributed by atoms with Crippen LogP contribution in [0.4, 0.5) is 0 Å². The second-order valence-corrected chi connectivity index (χ2v) is 13.0. The number of aromatic nitrogens is 1. The molecular formula is C33H40BrNO6S. The number of rotatable bonds is 12. The average Bonchev–Trinajstić information content (AvgIpc) is 3.26. The number of hydrogen-bond acceptors (Lipinski definition) is 7. The Labute approximate surface area is 259 Å². The number of thiazole rings is 1. The van der Waals surface area contributed by atoms with E-state index in [2.05, 4.69) is 55.2 Å². The van der Waals surface area contributed by atoms with Gasteiger partial charge in [-0.3, -0.25) is 9.59 Å². The van der Waals surface area contributed by atoms with Crippen LogP contribution in [0.5, 0.6) is 17.2 Å². The van der Waals surface area contributed by atoms with Gasteiger partial charge in [-0.05, 0) is 123 Å². The van der Waals surface area contributed by atoms with E-state index in [4.69, 9.17) is 18.9 Å². The van der Waals surface area contributed by atoms with Gasteiger partial charge < -0.3 is 23.9 Å². The topological polar surface area (TPSA) is 86.9 Å². The Hall–Kier alpha value is -3.04. The second kappa shape index (κ2) is 14.0. The van der Waals surface area contributed by atoms with Gasteiger partial charge in [0.15, 0.2) is 0 Å². The summed E-state index contributed by atoms with van der Waals surface area (Å²) in [5, 5.41) is 0. The Morgan fingerprint density at radius 2 is 1.95 bits per heavy atom. The van der Waals surface area contributed by atoms with Crippen molar-refractivity contribution in [1.29, 1.82) is 0 Å². The molecule has 1 atom stereocenters. The molecule has 0 spiro atoms. The zero-order chi connectivity index (χ0) is 30.4. The van der Waals surface area contributed by atoms with Crippen LogP contribution in [0.3, 0.4) is 0 Å². The molecule has 0 radical (unpaired) electrons. The highest BCUT2D eigenvalue weighted by molar-refractivity contribution is 9.10. The summed E-state index contributed by atoms with van der Waals surface area (Å²) in [6.07, 6.45) is 6.60. The van der Waals surface area contributed by atoms with Crippen LogP contribution in [0.2, 0.25) is 0 Å². The molecule has 2 heterocycles. The number of carbonyl (C=O) groups is 1. The number of hydrogen-bond donors (Lipinski definition) is 1. The Balaban J connectivity index is 1.38. The first-order valence-corrected chi connectivity index (χ1v) is 16.0. The summed E-state index contributed by atoms with van der Waals surface area (Å²) < 4.78 is 26.2. The SMILES string of the molecule is C=c1[nH]c(=O)/c(=C\c2ccc(OC[C@]3(C)CCc4c(C)c(OCCCCCC(=O)OCC)c(C)c(C)c4O3)c(Br)c2)s1. The summed E-state index contributed by atoms with van der Waals surface area (Å²) in [7, 11) is 0. The molecule has 1 aliphatic rings. The number of H-pyrrole nitrogens is 1. The molecular weight excluding hydrogens is 618 g/mol. The molecule has 2 aromatic carbocycles. The first-order chi connectivity index (χ1) is 20.0. The van der Waals surface area contributed by atoms with Crippen molar-refractivity contribution in [3.05, 3.63) is 70.0 Å². The van der Waals surface area contributed by atoms with Crippen LogP contribution in [0.1, 0.15) is 73.8 Å². The van der Waals surface area contributed by atoms with Gasteiger partial charge in [-0.25, -0.2) is 0 Å². The molecule has 226 valence electrons. The van der Waals surface area contributed by atoms with Crippen molar-refractivity contribution in [3.8, 4) is 17.2 Å². The largest absolute Gasteiger partial charge is 0.493 e. The predicted molar refractivity (Wildman–Crippen MR) is 172 cm³/mol. The molecule has 7 nitrogen and oxygen atoms in total. The lowest BCUT2D eigenvalue weighted by atomic mass is 9.87. The normalized spacial score (nSPS) is 16.6. The van der Waals surface area contributed by atoms with E-state index in [1.807, 2.05) is 31.2 Å². The molecule has 0 bridgehead atoms. The summed E-state index contributed by atoms with van der Waals surface area (Å²) >= 11 is 4.96. The maximum absolute atomic E-state index is 12.0. The van der Waals surface area contributed by atoms with Crippen molar-refractivity contribution in [2.45, 2.75) is 78.7 Å². The number of nitrogens with one attached hydrogen (secondary N) is 1. The fraction of sp³-hybridized carbons (Fsp3) is 0.455. The molecule has 0 saturated carbocycles. The fourth-order valence-corrected chi connectivity index (χ4v) is 6.41. The van der Waals surface area contributed by atoms with E-state index in [-0.39, 0.29) is 11.5 Å². The molecule has 0 saturated heterocycles. The van der Waals surface area contributed by atoms with E-state index >= 15 is 0 Å². The third-order valence-electron chi connectivity index (χ3n) is 7.64. The van der Waals surface area contributed by atoms with Crippen LogP contribution in [0.15, 0.2) is 27.5 Å². The highest BCUT2D eigenvalue weighted by Crippen LogP contribution is 2.44. The van der Waals surface area contributed by atoms with Gasteiger partial charge in [-0.1, -0.05) is 12.6 Å². The van der Waals surface area contributed by atoms with Gasteiger partial charge in [-0.15, -0.1) is 11.3 Å². The summed E-state index contributed by atoms with van der Waals surface area (Å²) in [6, 6.07) is 5.78.